The summed E-state index contributed by atoms with van der Waals surface area (Å²) in [5.74, 6) is 3.10. The second kappa shape index (κ2) is 13.1. The van der Waals surface area contributed by atoms with Crippen LogP contribution in [0.5, 0.6) is 0 Å². The summed E-state index contributed by atoms with van der Waals surface area (Å²) in [5.41, 5.74) is 4.43. The number of benzene rings is 1. The first kappa shape index (κ1) is 27.8. The van der Waals surface area contributed by atoms with Gasteiger partial charge in [0.2, 0.25) is 0 Å². The Labute approximate surface area is 239 Å². The Morgan fingerprint density at radius 2 is 1.95 bits per heavy atom. The number of hydrogen-bond donors (Lipinski definition) is 2. The molecule has 2 atom stereocenters. The fraction of sp³-hybridized carbons (Fsp3) is 0.367. The van der Waals surface area contributed by atoms with Gasteiger partial charge in [0.1, 0.15) is 18.0 Å². The zero-order valence-corrected chi connectivity index (χ0v) is 23.9. The number of carbonyl (C=O) groups excluding carboxylic acids is 1. The highest BCUT2D eigenvalue weighted by Crippen LogP contribution is 2.33. The lowest BCUT2D eigenvalue weighted by Gasteiger charge is -2.27. The molecule has 9 nitrogen and oxygen atoms in total. The second-order valence-electron chi connectivity index (χ2n) is 9.86. The van der Waals surface area contributed by atoms with Crippen molar-refractivity contribution in [1.82, 2.24) is 25.3 Å². The molecule has 1 fully saturated rings. The minimum Gasteiger partial charge on any atom is -0.378 e. The van der Waals surface area contributed by atoms with Gasteiger partial charge in [0.15, 0.2) is 0 Å². The van der Waals surface area contributed by atoms with Crippen LogP contribution in [-0.4, -0.2) is 77.7 Å². The molecule has 1 aromatic carbocycles. The zero-order chi connectivity index (χ0) is 27.9. The van der Waals surface area contributed by atoms with E-state index >= 15 is 0 Å². The molecule has 4 aromatic rings. The van der Waals surface area contributed by atoms with E-state index in [-0.39, 0.29) is 11.8 Å². The fourth-order valence-corrected chi connectivity index (χ4v) is 5.95. The summed E-state index contributed by atoms with van der Waals surface area (Å²) >= 11 is 1.82. The van der Waals surface area contributed by atoms with E-state index in [2.05, 4.69) is 60.8 Å². The maximum Gasteiger partial charge on any atom is 0.251 e. The number of pyridine rings is 2. The normalized spacial score (nSPS) is 15.0. The van der Waals surface area contributed by atoms with Gasteiger partial charge in [0, 0.05) is 56.1 Å². The highest BCUT2D eigenvalue weighted by molar-refractivity contribution is 7.98. The average molecular weight is 558 g/mol. The molecule has 3 aromatic heterocycles. The molecule has 1 saturated heterocycles. The first-order chi connectivity index (χ1) is 19.6. The van der Waals surface area contributed by atoms with Gasteiger partial charge in [-0.25, -0.2) is 15.0 Å². The molecule has 1 amide bonds. The number of thioether (sulfide) groups is 1. The second-order valence-corrected chi connectivity index (χ2v) is 10.8. The molecule has 0 spiro atoms. The van der Waals surface area contributed by atoms with Crippen molar-refractivity contribution in [3.05, 3.63) is 72.3 Å². The van der Waals surface area contributed by atoms with Crippen LogP contribution in [0, 0.1) is 5.92 Å². The number of carbonyl (C=O) groups is 1. The number of nitrogens with zero attached hydrogens (tertiary/aromatic N) is 5. The predicted molar refractivity (Wildman–Crippen MR) is 162 cm³/mol. The maximum absolute atomic E-state index is 12.4. The molecule has 2 unspecified atom stereocenters. The summed E-state index contributed by atoms with van der Waals surface area (Å²) in [6.07, 6.45) is 7.31. The van der Waals surface area contributed by atoms with E-state index in [0.29, 0.717) is 11.5 Å². The van der Waals surface area contributed by atoms with Gasteiger partial charge in [-0.05, 0) is 47.6 Å². The van der Waals surface area contributed by atoms with Crippen LogP contribution >= 0.6 is 11.8 Å². The number of rotatable bonds is 10. The third-order valence-electron chi connectivity index (χ3n) is 7.44. The predicted octanol–water partition coefficient (Wildman–Crippen LogP) is 4.48. The number of hydrogen-bond acceptors (Lipinski definition) is 9. The van der Waals surface area contributed by atoms with Crippen molar-refractivity contribution in [3.63, 3.8) is 0 Å². The van der Waals surface area contributed by atoms with Crippen molar-refractivity contribution in [3.8, 4) is 11.3 Å². The van der Waals surface area contributed by atoms with Crippen LogP contribution in [0.1, 0.15) is 28.8 Å². The molecule has 0 aliphatic carbocycles. The number of fused-ring (bicyclic) bond motifs is 1. The number of nitrogens with one attached hydrogen (secondary N) is 2. The van der Waals surface area contributed by atoms with E-state index in [0.717, 1.165) is 78.0 Å². The van der Waals surface area contributed by atoms with Gasteiger partial charge in [-0.1, -0.05) is 25.1 Å². The van der Waals surface area contributed by atoms with Crippen molar-refractivity contribution in [2.45, 2.75) is 12.8 Å². The Hall–Kier alpha value is -3.76. The number of amides is 1. The minimum absolute atomic E-state index is 0.106. The van der Waals surface area contributed by atoms with E-state index in [9.17, 15) is 4.79 Å². The molecule has 4 heterocycles. The third kappa shape index (κ3) is 6.18. The Morgan fingerprint density at radius 3 is 2.70 bits per heavy atom. The molecule has 10 heteroatoms. The summed E-state index contributed by atoms with van der Waals surface area (Å²) < 4.78 is 5.45. The van der Waals surface area contributed by atoms with Gasteiger partial charge in [-0.15, -0.1) is 0 Å². The number of ether oxygens (including phenoxy) is 1. The first-order valence-corrected chi connectivity index (χ1v) is 14.9. The summed E-state index contributed by atoms with van der Waals surface area (Å²) in [7, 11) is 1.65. The Bertz CT molecular complexity index is 1440. The number of aromatic nitrogens is 4. The van der Waals surface area contributed by atoms with Gasteiger partial charge in [-0.3, -0.25) is 9.78 Å². The molecule has 40 heavy (non-hydrogen) atoms. The van der Waals surface area contributed by atoms with E-state index in [1.165, 1.54) is 0 Å². The average Bonchev–Trinajstić information content (AvgIpc) is 3.02. The summed E-state index contributed by atoms with van der Waals surface area (Å²) in [6.45, 7) is 6.14. The molecular weight excluding hydrogens is 522 g/mol. The standard InChI is InChI=1S/C30H35N7O2S/c1-20(23-5-4-6-24-25(30(38)31-2)9-10-32-29(23)24)22(18-40-3)17-33-27-15-26(35-19-36-27)21-7-8-28(34-16-21)37-11-13-39-14-12-37/h4-10,15-16,19-20,22H,11-14,17-18H2,1-3H3,(H,31,38)(H,33,35,36). The molecule has 1 aliphatic heterocycles. The molecule has 0 radical (unpaired) electrons. The van der Waals surface area contributed by atoms with Crippen LogP contribution in [0.15, 0.2) is 61.2 Å². The van der Waals surface area contributed by atoms with Crippen LogP contribution in [0.3, 0.4) is 0 Å². The minimum atomic E-state index is -0.106. The molecule has 2 N–H and O–H groups in total. The van der Waals surface area contributed by atoms with Crippen LogP contribution in [0.25, 0.3) is 22.2 Å². The fourth-order valence-electron chi connectivity index (χ4n) is 5.11. The first-order valence-electron chi connectivity index (χ1n) is 13.5. The van der Waals surface area contributed by atoms with Crippen LogP contribution in [0.2, 0.25) is 0 Å². The number of para-hydroxylation sites is 1. The zero-order valence-electron chi connectivity index (χ0n) is 23.1. The lowest BCUT2D eigenvalue weighted by molar-refractivity contribution is 0.0964. The molecule has 5 rings (SSSR count). The van der Waals surface area contributed by atoms with Crippen molar-refractivity contribution < 1.29 is 9.53 Å². The number of anilines is 2. The molecule has 0 bridgehead atoms. The topological polar surface area (TPSA) is 105 Å². The molecular formula is C30H35N7O2S. The van der Waals surface area contributed by atoms with E-state index in [1.807, 2.05) is 42.2 Å². The maximum atomic E-state index is 12.4. The van der Waals surface area contributed by atoms with Crippen molar-refractivity contribution >= 4 is 40.2 Å². The summed E-state index contributed by atoms with van der Waals surface area (Å²) in [5, 5.41) is 7.15. The number of morpholine rings is 1. The highest BCUT2D eigenvalue weighted by atomic mass is 32.2. The van der Waals surface area contributed by atoms with Crippen LogP contribution < -0.4 is 15.5 Å². The molecule has 208 valence electrons. The van der Waals surface area contributed by atoms with Gasteiger partial charge >= 0.3 is 0 Å². The van der Waals surface area contributed by atoms with Gasteiger partial charge in [0.05, 0.1) is 30.0 Å². The molecule has 1 aliphatic rings. The van der Waals surface area contributed by atoms with Crippen molar-refractivity contribution in [2.75, 3.05) is 62.1 Å². The monoisotopic (exact) mass is 557 g/mol. The smallest absolute Gasteiger partial charge is 0.251 e. The van der Waals surface area contributed by atoms with Gasteiger partial charge in [0.25, 0.3) is 5.91 Å². The van der Waals surface area contributed by atoms with Crippen LogP contribution in [-0.2, 0) is 4.74 Å². The van der Waals surface area contributed by atoms with E-state index in [4.69, 9.17) is 4.74 Å². The molecule has 0 saturated carbocycles. The van der Waals surface area contributed by atoms with Crippen molar-refractivity contribution in [1.29, 1.82) is 0 Å². The van der Waals surface area contributed by atoms with Crippen molar-refractivity contribution in [2.24, 2.45) is 5.92 Å². The quantitative estimate of drug-likeness (QED) is 0.292. The Balaban J connectivity index is 1.31. The highest BCUT2D eigenvalue weighted by Gasteiger charge is 2.22. The van der Waals surface area contributed by atoms with E-state index in [1.54, 1.807) is 25.6 Å². The largest absolute Gasteiger partial charge is 0.378 e. The lowest BCUT2D eigenvalue weighted by atomic mass is 9.86. The van der Waals surface area contributed by atoms with Gasteiger partial charge < -0.3 is 20.3 Å². The summed E-state index contributed by atoms with van der Waals surface area (Å²) in [4.78, 5) is 33.0. The van der Waals surface area contributed by atoms with Gasteiger partial charge in [-0.2, -0.15) is 11.8 Å². The Kier molecular flexibility index (Phi) is 9.08. The summed E-state index contributed by atoms with van der Waals surface area (Å²) in [6, 6.07) is 14.0. The Morgan fingerprint density at radius 1 is 1.10 bits per heavy atom. The van der Waals surface area contributed by atoms with E-state index < -0.39 is 0 Å². The van der Waals surface area contributed by atoms with Crippen LogP contribution in [0.4, 0.5) is 11.6 Å². The SMILES string of the molecule is CNC(=O)c1ccnc2c(C(C)C(CNc3cc(-c4ccc(N5CCOCC5)nc4)ncn3)CSC)cccc12. The lowest BCUT2D eigenvalue weighted by Crippen LogP contribution is -2.36. The third-order valence-corrected chi connectivity index (χ3v) is 8.20.